The molecule has 2 aromatic heterocycles. The van der Waals surface area contributed by atoms with Gasteiger partial charge in [-0.3, -0.25) is 0 Å². The van der Waals surface area contributed by atoms with Crippen LogP contribution in [0.25, 0.3) is 71.7 Å². The van der Waals surface area contributed by atoms with Gasteiger partial charge in [0.2, 0.25) is 0 Å². The predicted octanol–water partition coefficient (Wildman–Crippen LogP) is 14.1. The molecular formula is C51H36N2O. The number of benzene rings is 8. The van der Waals surface area contributed by atoms with Crippen molar-refractivity contribution in [2.24, 2.45) is 0 Å². The number of anilines is 3. The van der Waals surface area contributed by atoms with Gasteiger partial charge >= 0.3 is 0 Å². The molecule has 0 spiro atoms. The van der Waals surface area contributed by atoms with Crippen LogP contribution in [-0.2, 0) is 5.41 Å². The zero-order valence-electron chi connectivity index (χ0n) is 30.1. The second-order valence-corrected chi connectivity index (χ2v) is 15.0. The summed E-state index contributed by atoms with van der Waals surface area (Å²) in [5.74, 6) is 0. The topological polar surface area (TPSA) is 21.3 Å². The number of hydrogen-bond donors (Lipinski definition) is 0. The Kier molecular flexibility index (Phi) is 6.60. The second-order valence-electron chi connectivity index (χ2n) is 15.0. The monoisotopic (exact) mass is 692 g/mol. The van der Waals surface area contributed by atoms with Crippen LogP contribution in [0.3, 0.4) is 0 Å². The molecule has 0 amide bonds. The molecule has 0 bridgehead atoms. The van der Waals surface area contributed by atoms with Crippen LogP contribution in [0.1, 0.15) is 25.0 Å². The minimum atomic E-state index is -0.109. The van der Waals surface area contributed by atoms with Crippen molar-refractivity contribution < 1.29 is 4.42 Å². The Morgan fingerprint density at radius 3 is 1.93 bits per heavy atom. The molecule has 0 fully saturated rings. The van der Waals surface area contributed by atoms with Crippen molar-refractivity contribution in [3.05, 3.63) is 193 Å². The highest BCUT2D eigenvalue weighted by Gasteiger charge is 2.35. The highest BCUT2D eigenvalue weighted by Crippen LogP contribution is 2.51. The van der Waals surface area contributed by atoms with Gasteiger partial charge in [0.05, 0.1) is 11.0 Å². The van der Waals surface area contributed by atoms with Crippen molar-refractivity contribution in [3.63, 3.8) is 0 Å². The van der Waals surface area contributed by atoms with E-state index in [9.17, 15) is 0 Å². The molecule has 3 heteroatoms. The molecule has 11 rings (SSSR count). The van der Waals surface area contributed by atoms with Gasteiger partial charge in [0.25, 0.3) is 0 Å². The summed E-state index contributed by atoms with van der Waals surface area (Å²) in [6, 6.07) is 65.9. The largest absolute Gasteiger partial charge is 0.456 e. The van der Waals surface area contributed by atoms with Gasteiger partial charge in [-0.25, -0.2) is 0 Å². The van der Waals surface area contributed by atoms with E-state index in [0.29, 0.717) is 0 Å². The Labute approximate surface area is 314 Å². The molecule has 0 aliphatic heterocycles. The van der Waals surface area contributed by atoms with E-state index in [-0.39, 0.29) is 5.41 Å². The number of nitrogens with zero attached hydrogens (tertiary/aromatic N) is 2. The lowest BCUT2D eigenvalue weighted by Gasteiger charge is -2.28. The van der Waals surface area contributed by atoms with Crippen LogP contribution in [0.15, 0.2) is 186 Å². The number of rotatable bonds is 5. The minimum absolute atomic E-state index is 0.109. The van der Waals surface area contributed by atoms with Gasteiger partial charge in [-0.15, -0.1) is 0 Å². The van der Waals surface area contributed by atoms with Gasteiger partial charge in [0, 0.05) is 55.8 Å². The summed E-state index contributed by atoms with van der Waals surface area (Å²) in [5.41, 5.74) is 16.2. The molecular weight excluding hydrogens is 657 g/mol. The quantitative estimate of drug-likeness (QED) is 0.179. The molecule has 54 heavy (non-hydrogen) atoms. The molecule has 0 saturated carbocycles. The van der Waals surface area contributed by atoms with Crippen molar-refractivity contribution in [2.75, 3.05) is 4.90 Å². The summed E-state index contributed by atoms with van der Waals surface area (Å²) >= 11 is 0. The summed E-state index contributed by atoms with van der Waals surface area (Å²) in [6.07, 6.45) is 0. The molecule has 2 heterocycles. The van der Waals surface area contributed by atoms with E-state index < -0.39 is 0 Å². The summed E-state index contributed by atoms with van der Waals surface area (Å²) in [7, 11) is 0. The maximum atomic E-state index is 6.41. The minimum Gasteiger partial charge on any atom is -0.456 e. The highest BCUT2D eigenvalue weighted by atomic mass is 16.3. The molecule has 10 aromatic rings. The lowest BCUT2D eigenvalue weighted by molar-refractivity contribution is 0.660. The normalized spacial score (nSPS) is 13.1. The van der Waals surface area contributed by atoms with E-state index in [4.69, 9.17) is 4.42 Å². The van der Waals surface area contributed by atoms with Crippen LogP contribution in [0, 0.1) is 0 Å². The first-order chi connectivity index (χ1) is 26.5. The number of fused-ring (bicyclic) bond motifs is 9. The van der Waals surface area contributed by atoms with Gasteiger partial charge in [-0.1, -0.05) is 117 Å². The summed E-state index contributed by atoms with van der Waals surface area (Å²) in [5, 5.41) is 4.76. The van der Waals surface area contributed by atoms with Gasteiger partial charge < -0.3 is 13.9 Å². The standard InChI is InChI=1S/C51H36N2O/c1-51(2)45-17-9-6-14-39(45)40-27-25-37(31-46(40)51)52(38-26-28-43-42-16-8-11-19-49(42)54-50(43)32-38)36-23-20-33(21-24-36)34-22-29-48-44(30-34)41-15-7-10-18-47(41)53(48)35-12-4-3-5-13-35/h3-32H,1-2H3. The van der Waals surface area contributed by atoms with E-state index in [1.807, 2.05) is 12.1 Å². The van der Waals surface area contributed by atoms with Crippen molar-refractivity contribution >= 4 is 60.8 Å². The SMILES string of the molecule is CC1(C)c2ccccc2-c2ccc(N(c3ccc(-c4ccc5c(c4)c4ccccc4n5-c4ccccc4)cc3)c3ccc4c(c3)oc3ccccc34)cc21. The highest BCUT2D eigenvalue weighted by molar-refractivity contribution is 6.10. The Hall–Kier alpha value is -6.84. The van der Waals surface area contributed by atoms with E-state index in [0.717, 1.165) is 39.0 Å². The smallest absolute Gasteiger partial charge is 0.137 e. The summed E-state index contributed by atoms with van der Waals surface area (Å²) < 4.78 is 8.77. The van der Waals surface area contributed by atoms with Crippen molar-refractivity contribution in [2.45, 2.75) is 19.3 Å². The van der Waals surface area contributed by atoms with Crippen LogP contribution in [-0.4, -0.2) is 4.57 Å². The van der Waals surface area contributed by atoms with Gasteiger partial charge in [0.1, 0.15) is 11.2 Å². The van der Waals surface area contributed by atoms with Crippen LogP contribution < -0.4 is 4.90 Å². The van der Waals surface area contributed by atoms with E-state index in [2.05, 4.69) is 193 Å². The van der Waals surface area contributed by atoms with Gasteiger partial charge in [0.15, 0.2) is 0 Å². The predicted molar refractivity (Wildman–Crippen MR) is 226 cm³/mol. The first-order valence-corrected chi connectivity index (χ1v) is 18.7. The molecule has 1 aliphatic carbocycles. The number of aromatic nitrogens is 1. The number of para-hydroxylation sites is 3. The van der Waals surface area contributed by atoms with Crippen LogP contribution >= 0.6 is 0 Å². The Morgan fingerprint density at radius 2 is 1.06 bits per heavy atom. The fourth-order valence-corrected chi connectivity index (χ4v) is 8.94. The van der Waals surface area contributed by atoms with E-state index in [1.54, 1.807) is 0 Å². The average Bonchev–Trinajstić information content (AvgIpc) is 3.83. The Balaban J connectivity index is 1.04. The maximum absolute atomic E-state index is 6.41. The molecule has 8 aromatic carbocycles. The van der Waals surface area contributed by atoms with Gasteiger partial charge in [-0.05, 0) is 106 Å². The first-order valence-electron chi connectivity index (χ1n) is 18.7. The number of furan rings is 1. The third kappa shape index (κ3) is 4.55. The van der Waals surface area contributed by atoms with Crippen molar-refractivity contribution in [1.29, 1.82) is 0 Å². The third-order valence-corrected chi connectivity index (χ3v) is 11.6. The molecule has 0 radical (unpaired) electrons. The molecule has 0 atom stereocenters. The Morgan fingerprint density at radius 1 is 0.426 bits per heavy atom. The molecule has 0 unspecified atom stereocenters. The average molecular weight is 693 g/mol. The molecule has 1 aliphatic rings. The fourth-order valence-electron chi connectivity index (χ4n) is 8.94. The molecule has 0 saturated heterocycles. The Bertz CT molecular complexity index is 3070. The fraction of sp³-hybridized carbons (Fsp3) is 0.0588. The van der Waals surface area contributed by atoms with E-state index in [1.165, 1.54) is 60.9 Å². The number of hydrogen-bond acceptors (Lipinski definition) is 2. The lowest BCUT2D eigenvalue weighted by Crippen LogP contribution is -2.16. The van der Waals surface area contributed by atoms with Crippen LogP contribution in [0.5, 0.6) is 0 Å². The third-order valence-electron chi connectivity index (χ3n) is 11.6. The van der Waals surface area contributed by atoms with E-state index >= 15 is 0 Å². The first kappa shape index (κ1) is 30.8. The van der Waals surface area contributed by atoms with Crippen LogP contribution in [0.4, 0.5) is 17.1 Å². The maximum Gasteiger partial charge on any atom is 0.137 e. The zero-order valence-corrected chi connectivity index (χ0v) is 30.1. The van der Waals surface area contributed by atoms with Gasteiger partial charge in [-0.2, -0.15) is 0 Å². The van der Waals surface area contributed by atoms with Crippen molar-refractivity contribution in [3.8, 4) is 27.9 Å². The van der Waals surface area contributed by atoms with Crippen LogP contribution in [0.2, 0.25) is 0 Å². The van der Waals surface area contributed by atoms with Crippen molar-refractivity contribution in [1.82, 2.24) is 4.57 Å². The summed E-state index contributed by atoms with van der Waals surface area (Å²) in [6.45, 7) is 4.68. The second kappa shape index (κ2) is 11.6. The lowest BCUT2D eigenvalue weighted by atomic mass is 9.82. The molecule has 256 valence electrons. The summed E-state index contributed by atoms with van der Waals surface area (Å²) in [4.78, 5) is 2.37. The zero-order chi connectivity index (χ0) is 36.0. The molecule has 0 N–H and O–H groups in total. The molecule has 3 nitrogen and oxygen atoms in total.